The number of fused-ring (bicyclic) bond motifs is 1. The first-order valence-corrected chi connectivity index (χ1v) is 15.6. The molecule has 3 aliphatic heterocycles. The second-order valence-corrected chi connectivity index (χ2v) is 12.5. The van der Waals surface area contributed by atoms with Gasteiger partial charge >= 0.3 is 12.1 Å². The number of carbonyl (C=O) groups excluding carboxylic acids is 1. The molecule has 5 rings (SSSR count). The number of nitrogens with one attached hydrogen (secondary N) is 1. The maximum atomic E-state index is 12.6. The number of anilines is 1. The predicted molar refractivity (Wildman–Crippen MR) is 147 cm³/mol. The highest BCUT2D eigenvalue weighted by molar-refractivity contribution is 7.93. The lowest BCUT2D eigenvalue weighted by molar-refractivity contribution is -0.169. The average molecular weight is 599 g/mol. The molecule has 5 heterocycles. The smallest absolute Gasteiger partial charge is 0.474 e. The van der Waals surface area contributed by atoms with Gasteiger partial charge in [0.05, 0.1) is 35.2 Å². The van der Waals surface area contributed by atoms with Gasteiger partial charge < -0.3 is 19.1 Å². The van der Waals surface area contributed by atoms with E-state index in [9.17, 15) is 22.2 Å². The summed E-state index contributed by atoms with van der Waals surface area (Å²) in [6, 6.07) is 3.62. The van der Waals surface area contributed by atoms with Crippen molar-refractivity contribution in [1.82, 2.24) is 20.4 Å². The van der Waals surface area contributed by atoms with Crippen molar-refractivity contribution in [3.05, 3.63) is 30.1 Å². The Labute approximate surface area is 236 Å². The van der Waals surface area contributed by atoms with Gasteiger partial charge in [0.25, 0.3) is 0 Å². The third-order valence-corrected chi connectivity index (χ3v) is 8.56. The number of pyridine rings is 2. The molecule has 11 nitrogen and oxygen atoms in total. The fourth-order valence-electron chi connectivity index (χ4n) is 4.97. The molecule has 1 N–H and O–H groups in total. The number of ether oxygens (including phenoxy) is 3. The summed E-state index contributed by atoms with van der Waals surface area (Å²) < 4.78 is 70.7. The normalized spacial score (nSPS) is 21.5. The lowest BCUT2D eigenvalue weighted by atomic mass is 10.1. The standard InChI is InChI=1S/C26H33F3N6O5S/c1-41(37,33-25(36)26(27,28)29)16-4-13-39-20-17-21(34-10-14-38-15-11-34)32-23-18(20)6-8-30-24(23)19-7-9-31-35(19)22-5-2-3-12-40-22/h6-8,17,22,31H,2-5,9-16H2,1H3. The Kier molecular flexibility index (Phi) is 8.97. The molecule has 0 aliphatic carbocycles. The number of amides is 1. The highest BCUT2D eigenvalue weighted by Crippen LogP contribution is 2.35. The SMILES string of the molecule is CS(=O)(CCCOc1cc(N2CCOCC2)nc2c(C3=CCNN3C3CCCCO3)nccc12)=NC(=O)C(F)(F)F. The predicted octanol–water partition coefficient (Wildman–Crippen LogP) is 3.11. The van der Waals surface area contributed by atoms with Gasteiger partial charge in [-0.25, -0.2) is 14.6 Å². The summed E-state index contributed by atoms with van der Waals surface area (Å²) in [4.78, 5) is 23.0. The van der Waals surface area contributed by atoms with Crippen LogP contribution in [0.1, 0.15) is 31.4 Å². The minimum Gasteiger partial charge on any atom is -0.493 e. The van der Waals surface area contributed by atoms with E-state index < -0.39 is 21.8 Å². The van der Waals surface area contributed by atoms with Gasteiger partial charge in [0.15, 0.2) is 0 Å². The third kappa shape index (κ3) is 7.08. The van der Waals surface area contributed by atoms with Crippen LogP contribution in [0.25, 0.3) is 16.6 Å². The maximum Gasteiger partial charge on any atom is 0.474 e. The number of halogens is 3. The van der Waals surface area contributed by atoms with Crippen molar-refractivity contribution in [3.63, 3.8) is 0 Å². The van der Waals surface area contributed by atoms with E-state index in [-0.39, 0.29) is 25.0 Å². The minimum absolute atomic E-state index is 0.0478. The molecular weight excluding hydrogens is 565 g/mol. The molecule has 41 heavy (non-hydrogen) atoms. The highest BCUT2D eigenvalue weighted by atomic mass is 32.2. The van der Waals surface area contributed by atoms with Crippen LogP contribution in [0.2, 0.25) is 0 Å². The van der Waals surface area contributed by atoms with E-state index in [2.05, 4.69) is 14.7 Å². The van der Waals surface area contributed by atoms with Crippen molar-refractivity contribution >= 4 is 38.1 Å². The highest BCUT2D eigenvalue weighted by Gasteiger charge is 2.39. The Balaban J connectivity index is 1.42. The monoisotopic (exact) mass is 598 g/mol. The van der Waals surface area contributed by atoms with Crippen molar-refractivity contribution in [1.29, 1.82) is 0 Å². The third-order valence-electron chi connectivity index (χ3n) is 6.96. The van der Waals surface area contributed by atoms with Crippen molar-refractivity contribution in [2.45, 2.75) is 38.1 Å². The van der Waals surface area contributed by atoms with Gasteiger partial charge in [-0.15, -0.1) is 0 Å². The van der Waals surface area contributed by atoms with Crippen LogP contribution >= 0.6 is 0 Å². The number of nitrogens with zero attached hydrogens (tertiary/aromatic N) is 5. The van der Waals surface area contributed by atoms with E-state index in [1.165, 1.54) is 0 Å². The molecule has 2 saturated heterocycles. The summed E-state index contributed by atoms with van der Waals surface area (Å²) in [7, 11) is -3.37. The van der Waals surface area contributed by atoms with Gasteiger partial charge in [0.2, 0.25) is 0 Å². The number of alkyl halides is 3. The fraction of sp³-hybridized carbons (Fsp3) is 0.577. The summed E-state index contributed by atoms with van der Waals surface area (Å²) in [6.07, 6.45) is 2.60. The Morgan fingerprint density at radius 3 is 2.80 bits per heavy atom. The summed E-state index contributed by atoms with van der Waals surface area (Å²) in [5.74, 6) is -1.37. The van der Waals surface area contributed by atoms with Crippen LogP contribution in [0.3, 0.4) is 0 Å². The Morgan fingerprint density at radius 2 is 2.07 bits per heavy atom. The zero-order chi connectivity index (χ0) is 29.0. The van der Waals surface area contributed by atoms with Crippen molar-refractivity contribution in [2.24, 2.45) is 4.36 Å². The molecule has 224 valence electrons. The van der Waals surface area contributed by atoms with E-state index >= 15 is 0 Å². The summed E-state index contributed by atoms with van der Waals surface area (Å²) in [6.45, 7) is 3.77. The summed E-state index contributed by atoms with van der Waals surface area (Å²) in [5, 5.41) is 2.72. The van der Waals surface area contributed by atoms with Crippen LogP contribution in [0.4, 0.5) is 19.0 Å². The number of hydrogen-bond donors (Lipinski definition) is 1. The summed E-state index contributed by atoms with van der Waals surface area (Å²) in [5.41, 5.74) is 5.53. The van der Waals surface area contributed by atoms with Crippen LogP contribution in [0.5, 0.6) is 5.75 Å². The largest absolute Gasteiger partial charge is 0.493 e. The second kappa shape index (κ2) is 12.5. The van der Waals surface area contributed by atoms with Gasteiger partial charge in [-0.1, -0.05) is 0 Å². The molecule has 2 unspecified atom stereocenters. The molecule has 15 heteroatoms. The molecule has 1 amide bonds. The number of carbonyl (C=O) groups is 1. The van der Waals surface area contributed by atoms with Crippen molar-refractivity contribution in [3.8, 4) is 5.75 Å². The van der Waals surface area contributed by atoms with Gasteiger partial charge in [-0.2, -0.15) is 17.5 Å². The molecule has 2 aromatic heterocycles. The van der Waals surface area contributed by atoms with Crippen LogP contribution in [0.15, 0.2) is 28.8 Å². The first kappa shape index (κ1) is 29.5. The van der Waals surface area contributed by atoms with Gasteiger partial charge in [0, 0.05) is 55.9 Å². The molecule has 3 aliphatic rings. The average Bonchev–Trinajstić information content (AvgIpc) is 3.45. The van der Waals surface area contributed by atoms with Crippen LogP contribution < -0.4 is 15.1 Å². The van der Waals surface area contributed by atoms with E-state index in [4.69, 9.17) is 24.2 Å². The zero-order valence-corrected chi connectivity index (χ0v) is 23.5. The maximum absolute atomic E-state index is 12.6. The quantitative estimate of drug-likeness (QED) is 0.454. The van der Waals surface area contributed by atoms with Crippen molar-refractivity contribution < 1.29 is 36.4 Å². The number of rotatable bonds is 8. The second-order valence-electron chi connectivity index (χ2n) is 10.0. The molecule has 0 saturated carbocycles. The van der Waals surface area contributed by atoms with E-state index in [0.717, 1.165) is 31.2 Å². The Morgan fingerprint density at radius 1 is 1.27 bits per heavy atom. The van der Waals surface area contributed by atoms with Crippen LogP contribution in [-0.4, -0.2) is 95.6 Å². The van der Waals surface area contributed by atoms with Gasteiger partial charge in [-0.3, -0.25) is 14.8 Å². The lowest BCUT2D eigenvalue weighted by Crippen LogP contribution is -2.43. The number of morpholine rings is 1. The van der Waals surface area contributed by atoms with Crippen molar-refractivity contribution in [2.75, 3.05) is 63.0 Å². The lowest BCUT2D eigenvalue weighted by Gasteiger charge is -2.34. The molecular formula is C26H33F3N6O5S. The first-order chi connectivity index (χ1) is 19.6. The molecule has 0 bridgehead atoms. The molecule has 0 aromatic carbocycles. The summed E-state index contributed by atoms with van der Waals surface area (Å²) >= 11 is 0. The minimum atomic E-state index is -5.16. The number of hydrazine groups is 1. The molecule has 2 fully saturated rings. The molecule has 0 radical (unpaired) electrons. The van der Waals surface area contributed by atoms with Gasteiger partial charge in [0.1, 0.15) is 29.0 Å². The van der Waals surface area contributed by atoms with Gasteiger partial charge in [-0.05, 0) is 37.8 Å². The Hall–Kier alpha value is -3.01. The molecule has 2 aromatic rings. The number of hydrogen-bond acceptors (Lipinski definition) is 10. The van der Waals surface area contributed by atoms with E-state index in [0.29, 0.717) is 67.6 Å². The molecule has 0 spiro atoms. The molecule has 2 atom stereocenters. The fourth-order valence-corrected chi connectivity index (χ4v) is 6.17. The first-order valence-electron chi connectivity index (χ1n) is 13.5. The topological polar surface area (TPSA) is 118 Å². The Bertz CT molecular complexity index is 1420. The van der Waals surface area contributed by atoms with Crippen LogP contribution in [0, 0.1) is 0 Å². The van der Waals surface area contributed by atoms with E-state index in [1.807, 2.05) is 17.2 Å². The van der Waals surface area contributed by atoms with Crippen LogP contribution in [-0.2, 0) is 24.0 Å². The zero-order valence-electron chi connectivity index (χ0n) is 22.7. The van der Waals surface area contributed by atoms with E-state index in [1.54, 1.807) is 12.3 Å². The number of aromatic nitrogens is 2.